The van der Waals surface area contributed by atoms with Crippen molar-refractivity contribution < 1.29 is 0 Å². The molecule has 0 saturated heterocycles. The molecule has 0 amide bonds. The second-order valence-corrected chi connectivity index (χ2v) is 6.78. The molecule has 0 aliphatic heterocycles. The van der Waals surface area contributed by atoms with Crippen LogP contribution >= 0.6 is 23.4 Å². The fraction of sp³-hybridized carbons (Fsp3) is 0.667. The van der Waals surface area contributed by atoms with Gasteiger partial charge >= 0.3 is 0 Å². The van der Waals surface area contributed by atoms with Gasteiger partial charge in [0.1, 0.15) is 5.03 Å². The van der Waals surface area contributed by atoms with Crippen LogP contribution in [0.3, 0.4) is 0 Å². The van der Waals surface area contributed by atoms with Gasteiger partial charge in [-0.05, 0) is 37.9 Å². The maximum Gasteiger partial charge on any atom is 0.115 e. The van der Waals surface area contributed by atoms with Gasteiger partial charge in [-0.1, -0.05) is 49.5 Å². The summed E-state index contributed by atoms with van der Waals surface area (Å²) in [6, 6.07) is 4.43. The third kappa shape index (κ3) is 4.66. The summed E-state index contributed by atoms with van der Waals surface area (Å²) in [6.07, 6.45) is 9.59. The van der Waals surface area contributed by atoms with Crippen LogP contribution in [0.5, 0.6) is 0 Å². The summed E-state index contributed by atoms with van der Waals surface area (Å²) >= 11 is 8.09. The van der Waals surface area contributed by atoms with Crippen molar-refractivity contribution in [3.63, 3.8) is 0 Å². The molecule has 19 heavy (non-hydrogen) atoms. The summed E-state index contributed by atoms with van der Waals surface area (Å²) in [5.41, 5.74) is 0. The van der Waals surface area contributed by atoms with E-state index in [4.69, 9.17) is 11.6 Å². The number of halogens is 1. The predicted octanol–water partition coefficient (Wildman–Crippen LogP) is 4.53. The van der Waals surface area contributed by atoms with Gasteiger partial charge in [0.15, 0.2) is 0 Å². The molecule has 106 valence electrons. The highest BCUT2D eigenvalue weighted by molar-refractivity contribution is 8.00. The van der Waals surface area contributed by atoms with Gasteiger partial charge < -0.3 is 5.32 Å². The van der Waals surface area contributed by atoms with E-state index in [-0.39, 0.29) is 0 Å². The van der Waals surface area contributed by atoms with E-state index in [0.29, 0.717) is 11.3 Å². The van der Waals surface area contributed by atoms with Gasteiger partial charge in [-0.3, -0.25) is 0 Å². The molecule has 2 nitrogen and oxygen atoms in total. The Labute approximate surface area is 125 Å². The summed E-state index contributed by atoms with van der Waals surface area (Å²) in [4.78, 5) is 4.42. The molecule has 1 aliphatic rings. The van der Waals surface area contributed by atoms with E-state index < -0.39 is 0 Å². The summed E-state index contributed by atoms with van der Waals surface area (Å²) < 4.78 is 0. The summed E-state index contributed by atoms with van der Waals surface area (Å²) in [7, 11) is 0. The number of rotatable bonds is 5. The van der Waals surface area contributed by atoms with E-state index in [1.165, 1.54) is 38.5 Å². The minimum atomic E-state index is 0.599. The van der Waals surface area contributed by atoms with E-state index in [9.17, 15) is 0 Å². The highest BCUT2D eigenvalue weighted by Crippen LogP contribution is 2.35. The SMILES string of the molecule is CCCNC1CCCCCC1Sc1ncccc1Cl. The van der Waals surface area contributed by atoms with E-state index in [1.807, 2.05) is 30.1 Å². The zero-order valence-corrected chi connectivity index (χ0v) is 13.1. The lowest BCUT2D eigenvalue weighted by Crippen LogP contribution is -2.37. The molecular formula is C15H23ClN2S. The van der Waals surface area contributed by atoms with E-state index >= 15 is 0 Å². The van der Waals surface area contributed by atoms with Crippen molar-refractivity contribution in [2.45, 2.75) is 61.8 Å². The van der Waals surface area contributed by atoms with Crippen LogP contribution in [0.1, 0.15) is 45.4 Å². The standard InChI is InChI=1S/C15H23ClN2S/c1-2-10-17-13-8-4-3-5-9-14(13)19-15-12(16)7-6-11-18-15/h6-7,11,13-14,17H,2-5,8-10H2,1H3. The number of hydrogen-bond donors (Lipinski definition) is 1. The summed E-state index contributed by atoms with van der Waals surface area (Å²) in [5, 5.41) is 6.08. The van der Waals surface area contributed by atoms with Crippen LogP contribution in [0.25, 0.3) is 0 Å². The molecule has 0 bridgehead atoms. The number of thioether (sulfide) groups is 1. The zero-order valence-electron chi connectivity index (χ0n) is 11.6. The van der Waals surface area contributed by atoms with Crippen molar-refractivity contribution in [1.29, 1.82) is 0 Å². The minimum absolute atomic E-state index is 0.599. The van der Waals surface area contributed by atoms with Gasteiger partial charge in [-0.2, -0.15) is 0 Å². The second-order valence-electron chi connectivity index (χ2n) is 5.15. The van der Waals surface area contributed by atoms with Crippen molar-refractivity contribution in [1.82, 2.24) is 10.3 Å². The summed E-state index contributed by atoms with van der Waals surface area (Å²) in [6.45, 7) is 3.33. The summed E-state index contributed by atoms with van der Waals surface area (Å²) in [5.74, 6) is 0. The number of nitrogens with zero attached hydrogens (tertiary/aromatic N) is 1. The molecule has 1 N–H and O–H groups in total. The maximum absolute atomic E-state index is 6.23. The Morgan fingerprint density at radius 3 is 3.00 bits per heavy atom. The number of hydrogen-bond acceptors (Lipinski definition) is 3. The minimum Gasteiger partial charge on any atom is -0.313 e. The molecular weight excluding hydrogens is 276 g/mol. The lowest BCUT2D eigenvalue weighted by Gasteiger charge is -2.25. The van der Waals surface area contributed by atoms with Gasteiger partial charge in [0.2, 0.25) is 0 Å². The van der Waals surface area contributed by atoms with Gasteiger partial charge in [0.05, 0.1) is 5.02 Å². The largest absolute Gasteiger partial charge is 0.313 e. The molecule has 0 radical (unpaired) electrons. The molecule has 2 atom stereocenters. The Bertz CT molecular complexity index is 386. The van der Waals surface area contributed by atoms with Crippen molar-refractivity contribution >= 4 is 23.4 Å². The van der Waals surface area contributed by atoms with Crippen molar-refractivity contribution in [2.75, 3.05) is 6.54 Å². The predicted molar refractivity (Wildman–Crippen MR) is 84.1 cm³/mol. The molecule has 2 rings (SSSR count). The zero-order chi connectivity index (χ0) is 13.5. The molecule has 1 aromatic heterocycles. The van der Waals surface area contributed by atoms with Gasteiger partial charge in [-0.15, -0.1) is 0 Å². The number of aromatic nitrogens is 1. The quantitative estimate of drug-likeness (QED) is 0.809. The van der Waals surface area contributed by atoms with Gasteiger partial charge in [0.25, 0.3) is 0 Å². The van der Waals surface area contributed by atoms with E-state index in [2.05, 4.69) is 17.2 Å². The second kappa shape index (κ2) is 8.13. The van der Waals surface area contributed by atoms with Gasteiger partial charge in [-0.25, -0.2) is 4.98 Å². The molecule has 1 heterocycles. The Hall–Kier alpha value is -0.250. The third-order valence-electron chi connectivity index (χ3n) is 3.60. The normalized spacial score (nSPS) is 24.1. The molecule has 2 unspecified atom stereocenters. The van der Waals surface area contributed by atoms with Crippen molar-refractivity contribution in [3.05, 3.63) is 23.4 Å². The first-order valence-electron chi connectivity index (χ1n) is 7.32. The lowest BCUT2D eigenvalue weighted by molar-refractivity contribution is 0.469. The van der Waals surface area contributed by atoms with E-state index in [0.717, 1.165) is 16.6 Å². The molecule has 1 aromatic rings. The molecule has 0 aromatic carbocycles. The average molecular weight is 299 g/mol. The van der Waals surface area contributed by atoms with Crippen molar-refractivity contribution in [3.8, 4) is 0 Å². The molecule has 4 heteroatoms. The Balaban J connectivity index is 2.03. The average Bonchev–Trinajstić information content (AvgIpc) is 2.64. The van der Waals surface area contributed by atoms with Gasteiger partial charge in [0, 0.05) is 17.5 Å². The Morgan fingerprint density at radius 1 is 1.37 bits per heavy atom. The molecule has 1 aliphatic carbocycles. The molecule has 1 saturated carbocycles. The monoisotopic (exact) mass is 298 g/mol. The first kappa shape index (κ1) is 15.1. The van der Waals surface area contributed by atoms with Crippen LogP contribution in [-0.4, -0.2) is 22.8 Å². The highest BCUT2D eigenvalue weighted by Gasteiger charge is 2.25. The van der Waals surface area contributed by atoms with Crippen LogP contribution < -0.4 is 5.32 Å². The highest BCUT2D eigenvalue weighted by atomic mass is 35.5. The third-order valence-corrected chi connectivity index (χ3v) is 5.43. The number of nitrogens with one attached hydrogen (secondary N) is 1. The fourth-order valence-corrected chi connectivity index (χ4v) is 4.10. The number of pyridine rings is 1. The molecule has 0 spiro atoms. The smallest absolute Gasteiger partial charge is 0.115 e. The maximum atomic E-state index is 6.23. The molecule has 1 fully saturated rings. The van der Waals surface area contributed by atoms with Crippen LogP contribution in [-0.2, 0) is 0 Å². The van der Waals surface area contributed by atoms with Crippen LogP contribution in [0, 0.1) is 0 Å². The Morgan fingerprint density at radius 2 is 2.21 bits per heavy atom. The Kier molecular flexibility index (Phi) is 6.48. The lowest BCUT2D eigenvalue weighted by atomic mass is 10.1. The van der Waals surface area contributed by atoms with Crippen LogP contribution in [0.4, 0.5) is 0 Å². The van der Waals surface area contributed by atoms with Crippen LogP contribution in [0.2, 0.25) is 5.02 Å². The first-order valence-corrected chi connectivity index (χ1v) is 8.57. The fourth-order valence-electron chi connectivity index (χ4n) is 2.58. The van der Waals surface area contributed by atoms with Crippen molar-refractivity contribution in [2.24, 2.45) is 0 Å². The van der Waals surface area contributed by atoms with Crippen LogP contribution in [0.15, 0.2) is 23.4 Å². The topological polar surface area (TPSA) is 24.9 Å². The first-order chi connectivity index (χ1) is 9.31. The van der Waals surface area contributed by atoms with E-state index in [1.54, 1.807) is 0 Å².